The topological polar surface area (TPSA) is 84.7 Å². The molecule has 1 saturated heterocycles. The van der Waals surface area contributed by atoms with Crippen molar-refractivity contribution in [2.24, 2.45) is 0 Å². The summed E-state index contributed by atoms with van der Waals surface area (Å²) in [6.45, 7) is 2.93. The maximum absolute atomic E-state index is 12.7. The standard InChI is InChI=1S/C17H19N3O4/c1-12-9-15(18-20(12)13-5-3-2-4-6-13)17(23)19-7-8-24-14(11-19)10-16(21)22/h2-6,9,14H,7-8,10-11H2,1H3,(H,21,22)/t14-/m1/s1. The summed E-state index contributed by atoms with van der Waals surface area (Å²) in [6.07, 6.45) is -0.584. The number of benzene rings is 1. The number of para-hydroxylation sites is 1. The third-order valence-corrected chi connectivity index (χ3v) is 3.94. The number of carbonyl (C=O) groups is 2. The van der Waals surface area contributed by atoms with Crippen molar-refractivity contribution in [3.8, 4) is 5.69 Å². The fourth-order valence-electron chi connectivity index (χ4n) is 2.79. The Bertz CT molecular complexity index is 742. The van der Waals surface area contributed by atoms with E-state index in [4.69, 9.17) is 9.84 Å². The van der Waals surface area contributed by atoms with Crippen molar-refractivity contribution >= 4 is 11.9 Å². The zero-order valence-corrected chi connectivity index (χ0v) is 13.4. The van der Waals surface area contributed by atoms with Crippen molar-refractivity contribution in [3.63, 3.8) is 0 Å². The summed E-state index contributed by atoms with van der Waals surface area (Å²) in [4.78, 5) is 25.1. The average molecular weight is 329 g/mol. The van der Waals surface area contributed by atoms with Crippen LogP contribution in [0.5, 0.6) is 0 Å². The molecular weight excluding hydrogens is 310 g/mol. The van der Waals surface area contributed by atoms with Crippen molar-refractivity contribution in [1.29, 1.82) is 0 Å². The highest BCUT2D eigenvalue weighted by molar-refractivity contribution is 5.92. The number of carbonyl (C=O) groups excluding carboxylic acids is 1. The lowest BCUT2D eigenvalue weighted by Gasteiger charge is -2.31. The molecule has 126 valence electrons. The Morgan fingerprint density at radius 3 is 2.79 bits per heavy atom. The average Bonchev–Trinajstić information content (AvgIpc) is 2.96. The van der Waals surface area contributed by atoms with Gasteiger partial charge in [0.1, 0.15) is 0 Å². The van der Waals surface area contributed by atoms with Gasteiger partial charge in [0.2, 0.25) is 0 Å². The first-order valence-corrected chi connectivity index (χ1v) is 7.79. The summed E-state index contributed by atoms with van der Waals surface area (Å²) < 4.78 is 7.13. The van der Waals surface area contributed by atoms with E-state index in [2.05, 4.69) is 5.10 Å². The molecule has 2 heterocycles. The monoisotopic (exact) mass is 329 g/mol. The number of aryl methyl sites for hydroxylation is 1. The number of rotatable bonds is 4. The molecule has 0 spiro atoms. The van der Waals surface area contributed by atoms with Crippen LogP contribution in [0.3, 0.4) is 0 Å². The number of hydrogen-bond acceptors (Lipinski definition) is 4. The summed E-state index contributed by atoms with van der Waals surface area (Å²) in [5.41, 5.74) is 2.10. The molecule has 2 aromatic rings. The molecular formula is C17H19N3O4. The minimum atomic E-state index is -0.932. The lowest BCUT2D eigenvalue weighted by molar-refractivity contribution is -0.141. The van der Waals surface area contributed by atoms with Crippen molar-refractivity contribution in [2.75, 3.05) is 19.7 Å². The molecule has 3 rings (SSSR count). The second-order valence-electron chi connectivity index (χ2n) is 5.76. The maximum atomic E-state index is 12.7. The van der Waals surface area contributed by atoms with E-state index >= 15 is 0 Å². The fourth-order valence-corrected chi connectivity index (χ4v) is 2.79. The van der Waals surface area contributed by atoms with Crippen LogP contribution < -0.4 is 0 Å². The number of amides is 1. The molecule has 0 saturated carbocycles. The van der Waals surface area contributed by atoms with Crippen molar-refractivity contribution < 1.29 is 19.4 Å². The van der Waals surface area contributed by atoms with E-state index in [1.54, 1.807) is 15.6 Å². The minimum absolute atomic E-state index is 0.110. The van der Waals surface area contributed by atoms with E-state index in [1.807, 2.05) is 37.3 Å². The zero-order valence-electron chi connectivity index (χ0n) is 13.4. The van der Waals surface area contributed by atoms with Gasteiger partial charge in [0.25, 0.3) is 5.91 Å². The lowest BCUT2D eigenvalue weighted by Crippen LogP contribution is -2.46. The van der Waals surface area contributed by atoms with Gasteiger partial charge < -0.3 is 14.7 Å². The zero-order chi connectivity index (χ0) is 17.1. The third kappa shape index (κ3) is 3.46. The number of aromatic nitrogens is 2. The van der Waals surface area contributed by atoms with Gasteiger partial charge in [-0.05, 0) is 25.1 Å². The normalized spacial score (nSPS) is 17.7. The summed E-state index contributed by atoms with van der Waals surface area (Å²) in [6, 6.07) is 11.3. The van der Waals surface area contributed by atoms with Gasteiger partial charge in [-0.25, -0.2) is 4.68 Å². The number of ether oxygens (including phenoxy) is 1. The van der Waals surface area contributed by atoms with Gasteiger partial charge in [0.15, 0.2) is 5.69 Å². The molecule has 7 heteroatoms. The highest BCUT2D eigenvalue weighted by Crippen LogP contribution is 2.16. The Hall–Kier alpha value is -2.67. The number of aliphatic carboxylic acids is 1. The van der Waals surface area contributed by atoms with Gasteiger partial charge in [-0.1, -0.05) is 18.2 Å². The van der Waals surface area contributed by atoms with Gasteiger partial charge >= 0.3 is 5.97 Å². The van der Waals surface area contributed by atoms with Crippen LogP contribution in [0.2, 0.25) is 0 Å². The Labute approximate surface area is 139 Å². The predicted octanol–water partition coefficient (Wildman–Crippen LogP) is 1.50. The largest absolute Gasteiger partial charge is 0.481 e. The molecule has 0 radical (unpaired) electrons. The van der Waals surface area contributed by atoms with Gasteiger partial charge in [0.05, 0.1) is 24.8 Å². The van der Waals surface area contributed by atoms with Gasteiger partial charge in [-0.2, -0.15) is 5.10 Å². The molecule has 1 aliphatic heterocycles. The van der Waals surface area contributed by atoms with Crippen LogP contribution in [0.4, 0.5) is 0 Å². The van der Waals surface area contributed by atoms with Gasteiger partial charge in [-0.15, -0.1) is 0 Å². The van der Waals surface area contributed by atoms with Crippen LogP contribution >= 0.6 is 0 Å². The van der Waals surface area contributed by atoms with Crippen LogP contribution in [0.1, 0.15) is 22.6 Å². The molecule has 1 aromatic carbocycles. The summed E-state index contributed by atoms with van der Waals surface area (Å²) in [5, 5.41) is 13.3. The number of hydrogen-bond donors (Lipinski definition) is 1. The first-order valence-electron chi connectivity index (χ1n) is 7.79. The lowest BCUT2D eigenvalue weighted by atomic mass is 10.2. The quantitative estimate of drug-likeness (QED) is 0.919. The van der Waals surface area contributed by atoms with E-state index in [1.165, 1.54) is 0 Å². The van der Waals surface area contributed by atoms with Gasteiger partial charge in [-0.3, -0.25) is 9.59 Å². The molecule has 1 fully saturated rings. The second kappa shape index (κ2) is 6.84. The predicted molar refractivity (Wildman–Crippen MR) is 86.2 cm³/mol. The number of morpholine rings is 1. The molecule has 1 N–H and O–H groups in total. The molecule has 1 amide bonds. The SMILES string of the molecule is Cc1cc(C(=O)N2CCO[C@H](CC(=O)O)C2)nn1-c1ccccc1. The first kappa shape index (κ1) is 16.2. The van der Waals surface area contributed by atoms with Crippen molar-refractivity contribution in [2.45, 2.75) is 19.4 Å². The third-order valence-electron chi connectivity index (χ3n) is 3.94. The van der Waals surface area contributed by atoms with E-state index < -0.39 is 12.1 Å². The molecule has 24 heavy (non-hydrogen) atoms. The molecule has 0 aliphatic carbocycles. The molecule has 0 bridgehead atoms. The number of carboxylic acid groups (broad SMARTS) is 1. The fraction of sp³-hybridized carbons (Fsp3) is 0.353. The maximum Gasteiger partial charge on any atom is 0.306 e. The van der Waals surface area contributed by atoms with Crippen LogP contribution in [-0.2, 0) is 9.53 Å². The Morgan fingerprint density at radius 1 is 1.33 bits per heavy atom. The summed E-state index contributed by atoms with van der Waals surface area (Å²) in [7, 11) is 0. The van der Waals surface area contributed by atoms with E-state index in [-0.39, 0.29) is 18.9 Å². The first-order chi connectivity index (χ1) is 11.5. The highest BCUT2D eigenvalue weighted by Gasteiger charge is 2.28. The molecule has 7 nitrogen and oxygen atoms in total. The Morgan fingerprint density at radius 2 is 2.08 bits per heavy atom. The smallest absolute Gasteiger partial charge is 0.306 e. The second-order valence-corrected chi connectivity index (χ2v) is 5.76. The van der Waals surface area contributed by atoms with Gasteiger partial charge in [0, 0.05) is 18.8 Å². The summed E-state index contributed by atoms with van der Waals surface area (Å²) in [5.74, 6) is -1.13. The number of carboxylic acids is 1. The number of nitrogens with zero attached hydrogens (tertiary/aromatic N) is 3. The van der Waals surface area contributed by atoms with Crippen LogP contribution in [0.15, 0.2) is 36.4 Å². The van der Waals surface area contributed by atoms with Crippen molar-refractivity contribution in [1.82, 2.24) is 14.7 Å². The summed E-state index contributed by atoms with van der Waals surface area (Å²) >= 11 is 0. The Kier molecular flexibility index (Phi) is 4.61. The van der Waals surface area contributed by atoms with Crippen molar-refractivity contribution in [3.05, 3.63) is 47.8 Å². The molecule has 1 aromatic heterocycles. The highest BCUT2D eigenvalue weighted by atomic mass is 16.5. The van der Waals surface area contributed by atoms with E-state index in [0.29, 0.717) is 18.8 Å². The van der Waals surface area contributed by atoms with E-state index in [0.717, 1.165) is 11.4 Å². The van der Waals surface area contributed by atoms with E-state index in [9.17, 15) is 9.59 Å². The minimum Gasteiger partial charge on any atom is -0.481 e. The van der Waals surface area contributed by atoms with Crippen LogP contribution in [0.25, 0.3) is 5.69 Å². The molecule has 1 atom stereocenters. The Balaban J connectivity index is 1.77. The molecule has 1 aliphatic rings. The molecule has 0 unspecified atom stereocenters. The van der Waals surface area contributed by atoms with Crippen LogP contribution in [0, 0.1) is 6.92 Å². The van der Waals surface area contributed by atoms with Crippen LogP contribution in [-0.4, -0.2) is 57.5 Å².